The van der Waals surface area contributed by atoms with Gasteiger partial charge in [0, 0.05) is 26.4 Å². The first-order chi connectivity index (χ1) is 8.81. The molecule has 4 nitrogen and oxygen atoms in total. The Bertz CT molecular complexity index is 374. The van der Waals surface area contributed by atoms with Crippen LogP contribution in [0.25, 0.3) is 0 Å². The van der Waals surface area contributed by atoms with Gasteiger partial charge in [0.25, 0.3) is 5.91 Å². The molecule has 0 radical (unpaired) electrons. The topological polar surface area (TPSA) is 47.6 Å². The predicted octanol–water partition coefficient (Wildman–Crippen LogP) is 1.67. The van der Waals surface area contributed by atoms with Crippen LogP contribution < -0.4 is 5.32 Å². The highest BCUT2D eigenvalue weighted by atomic mass is 16.5. The molecule has 98 valence electrons. The Labute approximate surface area is 107 Å². The van der Waals surface area contributed by atoms with E-state index in [-0.39, 0.29) is 11.9 Å². The van der Waals surface area contributed by atoms with E-state index >= 15 is 0 Å². The molecule has 1 atom stereocenters. The fourth-order valence-electron chi connectivity index (χ4n) is 2.14. The van der Waals surface area contributed by atoms with E-state index in [4.69, 9.17) is 9.47 Å². The van der Waals surface area contributed by atoms with E-state index in [1.807, 2.05) is 30.3 Å². The fourth-order valence-corrected chi connectivity index (χ4v) is 2.14. The maximum absolute atomic E-state index is 12.2. The van der Waals surface area contributed by atoms with Crippen molar-refractivity contribution >= 4 is 5.91 Å². The zero-order valence-electron chi connectivity index (χ0n) is 10.6. The molecule has 1 aromatic carbocycles. The molecule has 18 heavy (non-hydrogen) atoms. The minimum absolute atomic E-state index is 0.0735. The van der Waals surface area contributed by atoms with Crippen LogP contribution in [0.2, 0.25) is 0 Å². The molecule has 1 N–H and O–H groups in total. The molecule has 0 saturated carbocycles. The lowest BCUT2D eigenvalue weighted by Crippen LogP contribution is -2.41. The molecular formula is C14H19NO3. The van der Waals surface area contributed by atoms with Crippen molar-refractivity contribution < 1.29 is 14.3 Å². The second-order valence-corrected chi connectivity index (χ2v) is 4.42. The maximum Gasteiger partial charge on any atom is 0.253 e. The summed E-state index contributed by atoms with van der Waals surface area (Å²) < 4.78 is 10.6. The van der Waals surface area contributed by atoms with Gasteiger partial charge in [0.15, 0.2) is 6.10 Å². The fraction of sp³-hybridized carbons (Fsp3) is 0.500. The van der Waals surface area contributed by atoms with Crippen LogP contribution in [-0.2, 0) is 14.3 Å². The second-order valence-electron chi connectivity index (χ2n) is 4.42. The Kier molecular flexibility index (Phi) is 4.73. The number of carbonyl (C=O) groups excluding carboxylic acids is 1. The smallest absolute Gasteiger partial charge is 0.253 e. The van der Waals surface area contributed by atoms with Gasteiger partial charge in [-0.3, -0.25) is 4.79 Å². The molecule has 1 aromatic rings. The van der Waals surface area contributed by atoms with Gasteiger partial charge in [0.05, 0.1) is 0 Å². The molecule has 0 unspecified atom stereocenters. The van der Waals surface area contributed by atoms with Crippen LogP contribution >= 0.6 is 0 Å². The lowest BCUT2D eigenvalue weighted by molar-refractivity contribution is -0.132. The van der Waals surface area contributed by atoms with Gasteiger partial charge in [-0.2, -0.15) is 0 Å². The third-order valence-electron chi connectivity index (χ3n) is 3.14. The minimum Gasteiger partial charge on any atom is -0.381 e. The normalized spacial score (nSPS) is 18.3. The van der Waals surface area contributed by atoms with E-state index in [1.165, 1.54) is 0 Å². The lowest BCUT2D eigenvalue weighted by atomic mass is 10.1. The van der Waals surface area contributed by atoms with E-state index in [0.717, 1.165) is 18.4 Å². The van der Waals surface area contributed by atoms with Crippen molar-refractivity contribution in [3.05, 3.63) is 35.9 Å². The molecule has 1 aliphatic heterocycles. The first-order valence-electron chi connectivity index (χ1n) is 6.27. The molecular weight excluding hydrogens is 230 g/mol. The molecule has 0 aliphatic carbocycles. The van der Waals surface area contributed by atoms with Gasteiger partial charge in [-0.05, 0) is 18.4 Å². The van der Waals surface area contributed by atoms with Crippen molar-refractivity contribution in [3.63, 3.8) is 0 Å². The van der Waals surface area contributed by atoms with Crippen LogP contribution in [-0.4, -0.2) is 32.3 Å². The van der Waals surface area contributed by atoms with E-state index in [9.17, 15) is 4.79 Å². The van der Waals surface area contributed by atoms with E-state index in [0.29, 0.717) is 13.2 Å². The van der Waals surface area contributed by atoms with Crippen LogP contribution in [0.15, 0.2) is 30.3 Å². The summed E-state index contributed by atoms with van der Waals surface area (Å²) in [5.74, 6) is -0.0735. The summed E-state index contributed by atoms with van der Waals surface area (Å²) in [6, 6.07) is 9.74. The third kappa shape index (κ3) is 3.31. The predicted molar refractivity (Wildman–Crippen MR) is 68.2 cm³/mol. The summed E-state index contributed by atoms with van der Waals surface area (Å²) in [6.07, 6.45) is 1.21. The molecule has 1 fully saturated rings. The van der Waals surface area contributed by atoms with Crippen molar-refractivity contribution in [2.75, 3.05) is 20.3 Å². The van der Waals surface area contributed by atoms with Gasteiger partial charge in [-0.15, -0.1) is 0 Å². The van der Waals surface area contributed by atoms with Gasteiger partial charge >= 0.3 is 0 Å². The summed E-state index contributed by atoms with van der Waals surface area (Å²) in [5.41, 5.74) is 0.879. The van der Waals surface area contributed by atoms with Gasteiger partial charge in [0.1, 0.15) is 0 Å². The summed E-state index contributed by atoms with van der Waals surface area (Å²) in [5, 5.41) is 3.02. The lowest BCUT2D eigenvalue weighted by Gasteiger charge is -2.25. The van der Waals surface area contributed by atoms with Gasteiger partial charge < -0.3 is 14.8 Å². The molecule has 1 amide bonds. The highest BCUT2D eigenvalue weighted by Crippen LogP contribution is 2.17. The van der Waals surface area contributed by atoms with Gasteiger partial charge in [-0.25, -0.2) is 0 Å². The largest absolute Gasteiger partial charge is 0.381 e. The average Bonchev–Trinajstić information content (AvgIpc) is 2.42. The minimum atomic E-state index is -0.533. The standard InChI is InChI=1S/C14H19NO3/c1-17-13(11-5-3-2-4-6-11)14(16)15-12-7-9-18-10-8-12/h2-6,12-13H,7-10H2,1H3,(H,15,16)/t13-/m1/s1. The van der Waals surface area contributed by atoms with Crippen LogP contribution in [0, 0.1) is 0 Å². The third-order valence-corrected chi connectivity index (χ3v) is 3.14. The molecule has 1 heterocycles. The molecule has 0 spiro atoms. The Hall–Kier alpha value is -1.39. The molecule has 0 bridgehead atoms. The number of amides is 1. The Morgan fingerprint density at radius 2 is 2.00 bits per heavy atom. The quantitative estimate of drug-likeness (QED) is 0.883. The van der Waals surface area contributed by atoms with E-state index in [1.54, 1.807) is 7.11 Å². The summed E-state index contributed by atoms with van der Waals surface area (Å²) in [4.78, 5) is 12.2. The van der Waals surface area contributed by atoms with E-state index < -0.39 is 6.10 Å². The number of carbonyl (C=O) groups is 1. The van der Waals surface area contributed by atoms with Crippen molar-refractivity contribution in [3.8, 4) is 0 Å². The first-order valence-corrected chi connectivity index (χ1v) is 6.27. The summed E-state index contributed by atoms with van der Waals surface area (Å²) in [7, 11) is 1.56. The SMILES string of the molecule is CO[C@@H](C(=O)NC1CCOCC1)c1ccccc1. The second kappa shape index (κ2) is 6.52. The number of methoxy groups -OCH3 is 1. The first kappa shape index (κ1) is 13.1. The van der Waals surface area contributed by atoms with Crippen LogP contribution in [0.5, 0.6) is 0 Å². The van der Waals surface area contributed by atoms with Gasteiger partial charge in [0.2, 0.25) is 0 Å². The number of ether oxygens (including phenoxy) is 2. The number of nitrogens with one attached hydrogen (secondary N) is 1. The monoisotopic (exact) mass is 249 g/mol. The van der Waals surface area contributed by atoms with Crippen LogP contribution in [0.1, 0.15) is 24.5 Å². The number of hydrogen-bond acceptors (Lipinski definition) is 3. The molecule has 2 rings (SSSR count). The number of benzene rings is 1. The summed E-state index contributed by atoms with van der Waals surface area (Å²) >= 11 is 0. The van der Waals surface area contributed by atoms with Crippen molar-refractivity contribution in [1.82, 2.24) is 5.32 Å². The van der Waals surface area contributed by atoms with E-state index in [2.05, 4.69) is 5.32 Å². The number of rotatable bonds is 4. The molecule has 1 aliphatic rings. The zero-order valence-corrected chi connectivity index (χ0v) is 10.6. The Balaban J connectivity index is 1.97. The Morgan fingerprint density at radius 1 is 1.33 bits per heavy atom. The highest BCUT2D eigenvalue weighted by Gasteiger charge is 2.23. The number of hydrogen-bond donors (Lipinski definition) is 1. The highest BCUT2D eigenvalue weighted by molar-refractivity contribution is 5.82. The van der Waals surface area contributed by atoms with Crippen LogP contribution in [0.4, 0.5) is 0 Å². The average molecular weight is 249 g/mol. The van der Waals surface area contributed by atoms with Crippen LogP contribution in [0.3, 0.4) is 0 Å². The summed E-state index contributed by atoms with van der Waals surface area (Å²) in [6.45, 7) is 1.43. The molecule has 0 aromatic heterocycles. The molecule has 1 saturated heterocycles. The maximum atomic E-state index is 12.2. The van der Waals surface area contributed by atoms with Crippen molar-refractivity contribution in [1.29, 1.82) is 0 Å². The van der Waals surface area contributed by atoms with Crippen molar-refractivity contribution in [2.24, 2.45) is 0 Å². The van der Waals surface area contributed by atoms with Gasteiger partial charge in [-0.1, -0.05) is 30.3 Å². The Morgan fingerprint density at radius 3 is 2.61 bits per heavy atom. The zero-order chi connectivity index (χ0) is 12.8. The van der Waals surface area contributed by atoms with Crippen molar-refractivity contribution in [2.45, 2.75) is 25.0 Å². The molecule has 4 heteroatoms.